The van der Waals surface area contributed by atoms with Gasteiger partial charge in [-0.3, -0.25) is 4.79 Å². The molecular weight excluding hydrogens is 224 g/mol. The van der Waals surface area contributed by atoms with Crippen LogP contribution in [0, 0.1) is 12.3 Å². The Morgan fingerprint density at radius 1 is 1.33 bits per heavy atom. The summed E-state index contributed by atoms with van der Waals surface area (Å²) in [5.41, 5.74) is 2.02. The number of anilines is 1. The zero-order valence-electron chi connectivity index (χ0n) is 11.5. The smallest absolute Gasteiger partial charge is 0.234 e. The molecule has 1 aromatic rings. The van der Waals surface area contributed by atoms with Crippen LogP contribution >= 0.6 is 0 Å². The van der Waals surface area contributed by atoms with Gasteiger partial charge in [0.15, 0.2) is 0 Å². The van der Waals surface area contributed by atoms with Gasteiger partial charge in [0.05, 0.1) is 5.41 Å². The van der Waals surface area contributed by atoms with Gasteiger partial charge in [-0.1, -0.05) is 24.1 Å². The van der Waals surface area contributed by atoms with Crippen LogP contribution in [0.3, 0.4) is 0 Å². The largest absolute Gasteiger partial charge is 0.319 e. The van der Waals surface area contributed by atoms with Crippen LogP contribution in [-0.4, -0.2) is 26.5 Å². The monoisotopic (exact) mass is 246 g/mol. The molecule has 1 aromatic carbocycles. The molecule has 0 bridgehead atoms. The quantitative estimate of drug-likeness (QED) is 0.884. The summed E-state index contributed by atoms with van der Waals surface area (Å²) in [5, 5.41) is 3.16. The fourth-order valence-electron chi connectivity index (χ4n) is 2.65. The first kappa shape index (κ1) is 13.1. The standard InChI is InChI=1S/C15H22N2O/c1-12-5-7-13(8-6-12)17(3)14(18)15(11-16-2)9-4-10-15/h5-8,16H,4,9-11H2,1-3H3. The molecule has 0 spiro atoms. The Morgan fingerprint density at radius 2 is 1.94 bits per heavy atom. The van der Waals surface area contributed by atoms with Gasteiger partial charge in [-0.2, -0.15) is 0 Å². The van der Waals surface area contributed by atoms with Gasteiger partial charge >= 0.3 is 0 Å². The van der Waals surface area contributed by atoms with E-state index in [2.05, 4.69) is 12.2 Å². The number of carbonyl (C=O) groups excluding carboxylic acids is 1. The zero-order valence-corrected chi connectivity index (χ0v) is 11.5. The second-order valence-electron chi connectivity index (χ2n) is 5.36. The van der Waals surface area contributed by atoms with Crippen LogP contribution < -0.4 is 10.2 Å². The molecule has 0 aromatic heterocycles. The second-order valence-corrected chi connectivity index (χ2v) is 5.36. The number of carbonyl (C=O) groups is 1. The van der Waals surface area contributed by atoms with Crippen LogP contribution in [0.15, 0.2) is 24.3 Å². The number of hydrogen-bond donors (Lipinski definition) is 1. The topological polar surface area (TPSA) is 32.3 Å². The minimum absolute atomic E-state index is 0.172. The molecular formula is C15H22N2O. The molecule has 1 fully saturated rings. The summed E-state index contributed by atoms with van der Waals surface area (Å²) in [7, 11) is 3.79. The van der Waals surface area contributed by atoms with Crippen molar-refractivity contribution in [2.24, 2.45) is 5.41 Å². The maximum absolute atomic E-state index is 12.6. The summed E-state index contributed by atoms with van der Waals surface area (Å²) >= 11 is 0. The van der Waals surface area contributed by atoms with Gasteiger partial charge in [-0.25, -0.2) is 0 Å². The van der Waals surface area contributed by atoms with E-state index in [-0.39, 0.29) is 11.3 Å². The third-order valence-electron chi connectivity index (χ3n) is 4.01. The lowest BCUT2D eigenvalue weighted by Gasteiger charge is -2.42. The number of nitrogens with one attached hydrogen (secondary N) is 1. The average Bonchev–Trinajstić information content (AvgIpc) is 2.33. The molecule has 0 atom stereocenters. The number of amides is 1. The van der Waals surface area contributed by atoms with Crippen molar-refractivity contribution in [3.05, 3.63) is 29.8 Å². The SMILES string of the molecule is CNCC1(C(=O)N(C)c2ccc(C)cc2)CCC1. The number of hydrogen-bond acceptors (Lipinski definition) is 2. The third-order valence-corrected chi connectivity index (χ3v) is 4.01. The van der Waals surface area contributed by atoms with Gasteiger partial charge in [0.2, 0.25) is 5.91 Å². The summed E-state index contributed by atoms with van der Waals surface area (Å²) in [6.45, 7) is 2.84. The average molecular weight is 246 g/mol. The Bertz CT molecular complexity index is 421. The van der Waals surface area contributed by atoms with E-state index >= 15 is 0 Å². The minimum Gasteiger partial charge on any atom is -0.319 e. The number of benzene rings is 1. The predicted molar refractivity (Wildman–Crippen MR) is 74.8 cm³/mol. The highest BCUT2D eigenvalue weighted by Gasteiger charge is 2.45. The highest BCUT2D eigenvalue weighted by atomic mass is 16.2. The summed E-state index contributed by atoms with van der Waals surface area (Å²) < 4.78 is 0. The molecule has 1 aliphatic carbocycles. The predicted octanol–water partition coefficient (Wildman–Crippen LogP) is 2.35. The molecule has 1 saturated carbocycles. The fourth-order valence-corrected chi connectivity index (χ4v) is 2.65. The first-order chi connectivity index (χ1) is 8.59. The lowest BCUT2D eigenvalue weighted by molar-refractivity contribution is -0.132. The molecule has 0 unspecified atom stereocenters. The van der Waals surface area contributed by atoms with E-state index in [1.165, 1.54) is 5.56 Å². The lowest BCUT2D eigenvalue weighted by Crippen LogP contribution is -2.51. The van der Waals surface area contributed by atoms with Gasteiger partial charge in [0.25, 0.3) is 0 Å². The second kappa shape index (κ2) is 5.11. The maximum atomic E-state index is 12.6. The highest BCUT2D eigenvalue weighted by molar-refractivity contribution is 5.97. The van der Waals surface area contributed by atoms with Crippen LogP contribution in [-0.2, 0) is 4.79 Å². The Hall–Kier alpha value is -1.35. The van der Waals surface area contributed by atoms with Crippen molar-refractivity contribution in [3.8, 4) is 0 Å². The summed E-state index contributed by atoms with van der Waals surface area (Å²) in [5.74, 6) is 0.243. The van der Waals surface area contributed by atoms with Crippen LogP contribution in [0.25, 0.3) is 0 Å². The molecule has 1 N–H and O–H groups in total. The molecule has 0 radical (unpaired) electrons. The molecule has 0 heterocycles. The summed E-state index contributed by atoms with van der Waals surface area (Å²) in [4.78, 5) is 14.4. The molecule has 0 saturated heterocycles. The van der Waals surface area contributed by atoms with Crippen molar-refractivity contribution in [2.45, 2.75) is 26.2 Å². The summed E-state index contributed by atoms with van der Waals surface area (Å²) in [6.07, 6.45) is 3.17. The van der Waals surface area contributed by atoms with Crippen molar-refractivity contribution >= 4 is 11.6 Å². The van der Waals surface area contributed by atoms with Gasteiger partial charge < -0.3 is 10.2 Å². The Labute approximate surface area is 109 Å². The first-order valence-electron chi connectivity index (χ1n) is 6.58. The first-order valence-corrected chi connectivity index (χ1v) is 6.58. The van der Waals surface area contributed by atoms with E-state index in [9.17, 15) is 4.79 Å². The van der Waals surface area contributed by atoms with Crippen LogP contribution in [0.4, 0.5) is 5.69 Å². The van der Waals surface area contributed by atoms with Crippen molar-refractivity contribution in [3.63, 3.8) is 0 Å². The number of aryl methyl sites for hydroxylation is 1. The van der Waals surface area contributed by atoms with E-state index < -0.39 is 0 Å². The molecule has 0 aliphatic heterocycles. The molecule has 2 rings (SSSR count). The normalized spacial score (nSPS) is 17.1. The minimum atomic E-state index is -0.172. The number of rotatable bonds is 4. The molecule has 3 nitrogen and oxygen atoms in total. The maximum Gasteiger partial charge on any atom is 0.234 e. The van der Waals surface area contributed by atoms with Gasteiger partial charge in [-0.05, 0) is 38.9 Å². The van der Waals surface area contributed by atoms with Crippen LogP contribution in [0.2, 0.25) is 0 Å². The Morgan fingerprint density at radius 3 is 2.39 bits per heavy atom. The zero-order chi connectivity index (χ0) is 13.2. The van der Waals surface area contributed by atoms with E-state index in [1.54, 1.807) is 4.90 Å². The third kappa shape index (κ3) is 2.27. The van der Waals surface area contributed by atoms with Crippen LogP contribution in [0.5, 0.6) is 0 Å². The molecule has 98 valence electrons. The van der Waals surface area contributed by atoms with Crippen molar-refractivity contribution < 1.29 is 4.79 Å². The van der Waals surface area contributed by atoms with Gasteiger partial charge in [-0.15, -0.1) is 0 Å². The van der Waals surface area contributed by atoms with Crippen molar-refractivity contribution in [1.82, 2.24) is 5.32 Å². The summed E-state index contributed by atoms with van der Waals surface area (Å²) in [6, 6.07) is 8.12. The Balaban J connectivity index is 2.15. The van der Waals surface area contributed by atoms with E-state index in [4.69, 9.17) is 0 Å². The van der Waals surface area contributed by atoms with E-state index in [1.807, 2.05) is 38.4 Å². The van der Waals surface area contributed by atoms with Gasteiger partial charge in [0.1, 0.15) is 0 Å². The molecule has 3 heteroatoms. The van der Waals surface area contributed by atoms with Crippen molar-refractivity contribution in [2.75, 3.05) is 25.5 Å². The van der Waals surface area contributed by atoms with Crippen LogP contribution in [0.1, 0.15) is 24.8 Å². The Kier molecular flexibility index (Phi) is 3.71. The van der Waals surface area contributed by atoms with Crippen molar-refractivity contribution in [1.29, 1.82) is 0 Å². The molecule has 18 heavy (non-hydrogen) atoms. The van der Waals surface area contributed by atoms with E-state index in [0.29, 0.717) is 0 Å². The van der Waals surface area contributed by atoms with E-state index in [0.717, 1.165) is 31.5 Å². The number of nitrogens with zero attached hydrogens (tertiary/aromatic N) is 1. The highest BCUT2D eigenvalue weighted by Crippen LogP contribution is 2.42. The lowest BCUT2D eigenvalue weighted by atomic mass is 9.67. The van der Waals surface area contributed by atoms with Gasteiger partial charge in [0, 0.05) is 19.3 Å². The molecule has 1 amide bonds. The molecule has 1 aliphatic rings. The fraction of sp³-hybridized carbons (Fsp3) is 0.533.